The van der Waals surface area contributed by atoms with Gasteiger partial charge in [0, 0.05) is 23.1 Å². The number of hydrogen-bond acceptors (Lipinski definition) is 3. The standard InChI is InChI=1S/C18H18BrFN2O2/c19-14-2-4-15(5-3-14)24-17-6-1-13(9-16(17)20)18(23)22-8-7-12(10-21)11-22/h1-6,9,12H,7-8,10-11,21H2/t12-/m0/s1. The lowest BCUT2D eigenvalue weighted by atomic mass is 10.1. The summed E-state index contributed by atoms with van der Waals surface area (Å²) in [6.45, 7) is 1.87. The molecule has 24 heavy (non-hydrogen) atoms. The molecule has 0 saturated carbocycles. The Balaban J connectivity index is 1.72. The maximum atomic E-state index is 14.3. The minimum atomic E-state index is -0.557. The molecule has 126 valence electrons. The first-order valence-corrected chi connectivity index (χ1v) is 8.58. The Morgan fingerprint density at radius 2 is 2.04 bits per heavy atom. The molecule has 2 N–H and O–H groups in total. The molecule has 1 heterocycles. The Bertz CT molecular complexity index is 736. The maximum absolute atomic E-state index is 14.3. The summed E-state index contributed by atoms with van der Waals surface area (Å²) in [4.78, 5) is 14.2. The van der Waals surface area contributed by atoms with Crippen LogP contribution in [-0.2, 0) is 0 Å². The molecule has 1 saturated heterocycles. The molecule has 0 radical (unpaired) electrons. The van der Waals surface area contributed by atoms with Crippen LogP contribution in [0.4, 0.5) is 4.39 Å². The fraction of sp³-hybridized carbons (Fsp3) is 0.278. The van der Waals surface area contributed by atoms with Gasteiger partial charge in [0.2, 0.25) is 0 Å². The van der Waals surface area contributed by atoms with E-state index in [1.54, 1.807) is 23.1 Å². The Hall–Kier alpha value is -1.92. The molecule has 0 bridgehead atoms. The Morgan fingerprint density at radius 3 is 2.67 bits per heavy atom. The average molecular weight is 393 g/mol. The van der Waals surface area contributed by atoms with Crippen molar-refractivity contribution in [2.45, 2.75) is 6.42 Å². The topological polar surface area (TPSA) is 55.6 Å². The number of carbonyl (C=O) groups is 1. The predicted molar refractivity (Wildman–Crippen MR) is 93.7 cm³/mol. The van der Waals surface area contributed by atoms with Crippen molar-refractivity contribution in [1.82, 2.24) is 4.90 Å². The van der Waals surface area contributed by atoms with Gasteiger partial charge in [0.15, 0.2) is 11.6 Å². The van der Waals surface area contributed by atoms with Crippen LogP contribution in [0.2, 0.25) is 0 Å². The van der Waals surface area contributed by atoms with Gasteiger partial charge in [-0.3, -0.25) is 4.79 Å². The summed E-state index contributed by atoms with van der Waals surface area (Å²) in [7, 11) is 0. The van der Waals surface area contributed by atoms with Crippen LogP contribution < -0.4 is 10.5 Å². The van der Waals surface area contributed by atoms with Crippen molar-refractivity contribution in [3.8, 4) is 11.5 Å². The van der Waals surface area contributed by atoms with Gasteiger partial charge in [0.25, 0.3) is 5.91 Å². The number of rotatable bonds is 4. The van der Waals surface area contributed by atoms with E-state index < -0.39 is 5.82 Å². The van der Waals surface area contributed by atoms with Crippen molar-refractivity contribution in [2.24, 2.45) is 11.7 Å². The molecule has 2 aromatic rings. The fourth-order valence-corrected chi connectivity index (χ4v) is 3.00. The highest BCUT2D eigenvalue weighted by Crippen LogP contribution is 2.27. The molecule has 1 amide bonds. The third-order valence-electron chi connectivity index (χ3n) is 4.13. The minimum Gasteiger partial charge on any atom is -0.454 e. The number of halogens is 2. The molecule has 2 aromatic carbocycles. The summed E-state index contributed by atoms with van der Waals surface area (Å²) in [6, 6.07) is 11.4. The van der Waals surface area contributed by atoms with Crippen LogP contribution in [-0.4, -0.2) is 30.4 Å². The molecule has 4 nitrogen and oxygen atoms in total. The van der Waals surface area contributed by atoms with Crippen LogP contribution in [0.3, 0.4) is 0 Å². The number of hydrogen-bond donors (Lipinski definition) is 1. The van der Waals surface area contributed by atoms with Gasteiger partial charge in [0.05, 0.1) is 0 Å². The molecule has 0 aromatic heterocycles. The predicted octanol–water partition coefficient (Wildman–Crippen LogP) is 3.80. The summed E-state index contributed by atoms with van der Waals surface area (Å²) >= 11 is 3.33. The van der Waals surface area contributed by atoms with Crippen LogP contribution >= 0.6 is 15.9 Å². The third-order valence-corrected chi connectivity index (χ3v) is 4.66. The van der Waals surface area contributed by atoms with Gasteiger partial charge < -0.3 is 15.4 Å². The molecule has 1 aliphatic rings. The van der Waals surface area contributed by atoms with E-state index in [-0.39, 0.29) is 11.7 Å². The molecular formula is C18H18BrFN2O2. The van der Waals surface area contributed by atoms with Crippen molar-refractivity contribution in [2.75, 3.05) is 19.6 Å². The molecular weight excluding hydrogens is 375 g/mol. The monoisotopic (exact) mass is 392 g/mol. The number of nitrogens with zero attached hydrogens (tertiary/aromatic N) is 1. The Kier molecular flexibility index (Phi) is 5.16. The molecule has 3 rings (SSSR count). The second kappa shape index (κ2) is 7.32. The number of likely N-dealkylation sites (tertiary alicyclic amines) is 1. The fourth-order valence-electron chi connectivity index (χ4n) is 2.74. The third kappa shape index (κ3) is 3.76. The molecule has 6 heteroatoms. The Morgan fingerprint density at radius 1 is 1.29 bits per heavy atom. The summed E-state index contributed by atoms with van der Waals surface area (Å²) < 4.78 is 20.7. The summed E-state index contributed by atoms with van der Waals surface area (Å²) in [5.41, 5.74) is 5.97. The van der Waals surface area contributed by atoms with Gasteiger partial charge in [-0.1, -0.05) is 15.9 Å². The zero-order valence-electron chi connectivity index (χ0n) is 13.0. The average Bonchev–Trinajstić information content (AvgIpc) is 3.07. The van der Waals surface area contributed by atoms with Gasteiger partial charge in [-0.2, -0.15) is 0 Å². The van der Waals surface area contributed by atoms with Crippen LogP contribution in [0.1, 0.15) is 16.8 Å². The molecule has 0 spiro atoms. The van der Waals surface area contributed by atoms with E-state index in [0.717, 1.165) is 10.9 Å². The first-order valence-electron chi connectivity index (χ1n) is 7.79. The Labute approximate surface area is 148 Å². The summed E-state index contributed by atoms with van der Waals surface area (Å²) in [5, 5.41) is 0. The number of ether oxygens (including phenoxy) is 1. The lowest BCUT2D eigenvalue weighted by Crippen LogP contribution is -2.29. The van der Waals surface area contributed by atoms with E-state index in [0.29, 0.717) is 36.9 Å². The van der Waals surface area contributed by atoms with E-state index in [2.05, 4.69) is 15.9 Å². The van der Waals surface area contributed by atoms with Crippen LogP contribution in [0, 0.1) is 11.7 Å². The highest BCUT2D eigenvalue weighted by Gasteiger charge is 2.26. The highest BCUT2D eigenvalue weighted by molar-refractivity contribution is 9.10. The summed E-state index contributed by atoms with van der Waals surface area (Å²) in [5.74, 6) is 0.230. The lowest BCUT2D eigenvalue weighted by Gasteiger charge is -2.17. The SMILES string of the molecule is NC[C@@H]1CCN(C(=O)c2ccc(Oc3ccc(Br)cc3)c(F)c2)C1. The van der Waals surface area contributed by atoms with Crippen molar-refractivity contribution >= 4 is 21.8 Å². The number of amides is 1. The first kappa shape index (κ1) is 16.9. The zero-order valence-corrected chi connectivity index (χ0v) is 14.6. The molecule has 0 unspecified atom stereocenters. The van der Waals surface area contributed by atoms with E-state index in [1.165, 1.54) is 12.1 Å². The zero-order chi connectivity index (χ0) is 17.1. The van der Waals surface area contributed by atoms with Gasteiger partial charge in [-0.15, -0.1) is 0 Å². The van der Waals surface area contributed by atoms with E-state index in [1.807, 2.05) is 12.1 Å². The number of nitrogens with two attached hydrogens (primary N) is 1. The van der Waals surface area contributed by atoms with Gasteiger partial charge >= 0.3 is 0 Å². The lowest BCUT2D eigenvalue weighted by molar-refractivity contribution is 0.0787. The minimum absolute atomic E-state index is 0.0927. The molecule has 1 fully saturated rings. The smallest absolute Gasteiger partial charge is 0.253 e. The van der Waals surface area contributed by atoms with Crippen molar-refractivity contribution in [1.29, 1.82) is 0 Å². The second-order valence-electron chi connectivity index (χ2n) is 5.84. The van der Waals surface area contributed by atoms with E-state index in [4.69, 9.17) is 10.5 Å². The van der Waals surface area contributed by atoms with E-state index in [9.17, 15) is 9.18 Å². The van der Waals surface area contributed by atoms with Crippen molar-refractivity contribution < 1.29 is 13.9 Å². The quantitative estimate of drug-likeness (QED) is 0.860. The number of carbonyl (C=O) groups excluding carboxylic acids is 1. The maximum Gasteiger partial charge on any atom is 0.253 e. The normalized spacial score (nSPS) is 17.1. The second-order valence-corrected chi connectivity index (χ2v) is 6.76. The molecule has 1 aliphatic heterocycles. The van der Waals surface area contributed by atoms with Crippen LogP contribution in [0.15, 0.2) is 46.9 Å². The summed E-state index contributed by atoms with van der Waals surface area (Å²) in [6.07, 6.45) is 0.898. The number of benzene rings is 2. The van der Waals surface area contributed by atoms with E-state index >= 15 is 0 Å². The van der Waals surface area contributed by atoms with Gasteiger partial charge in [-0.05, 0) is 61.3 Å². The van der Waals surface area contributed by atoms with Crippen LogP contribution in [0.5, 0.6) is 11.5 Å². The van der Waals surface area contributed by atoms with Crippen molar-refractivity contribution in [3.63, 3.8) is 0 Å². The van der Waals surface area contributed by atoms with Gasteiger partial charge in [0.1, 0.15) is 5.75 Å². The largest absolute Gasteiger partial charge is 0.454 e. The molecule has 0 aliphatic carbocycles. The van der Waals surface area contributed by atoms with Crippen LogP contribution in [0.25, 0.3) is 0 Å². The highest BCUT2D eigenvalue weighted by atomic mass is 79.9. The van der Waals surface area contributed by atoms with Gasteiger partial charge in [-0.25, -0.2) is 4.39 Å². The van der Waals surface area contributed by atoms with Crippen molar-refractivity contribution in [3.05, 3.63) is 58.3 Å². The molecule has 1 atom stereocenters. The first-order chi connectivity index (χ1) is 11.6.